The molecule has 16 heavy (non-hydrogen) atoms. The number of para-hydroxylation sites is 1. The largest absolute Gasteiger partial charge is 0.382 e. The first kappa shape index (κ1) is 10.5. The Hall–Kier alpha value is -1.97. The van der Waals surface area contributed by atoms with E-state index in [1.807, 2.05) is 35.1 Å². The van der Waals surface area contributed by atoms with Gasteiger partial charge in [0.2, 0.25) is 0 Å². The van der Waals surface area contributed by atoms with Crippen LogP contribution in [0.2, 0.25) is 0 Å². The molecule has 0 fully saturated rings. The summed E-state index contributed by atoms with van der Waals surface area (Å²) in [6.07, 6.45) is 1.90. The number of nitrogens with two attached hydrogens (primary N) is 1. The molecule has 1 aromatic carbocycles. The number of hydrogen-bond donors (Lipinski definition) is 1. The number of likely N-dealkylation sites (N-methyl/N-ethyl adjacent to an activating group) is 1. The summed E-state index contributed by atoms with van der Waals surface area (Å²) in [5, 5.41) is 4.14. The van der Waals surface area contributed by atoms with E-state index in [0.717, 1.165) is 13.1 Å². The summed E-state index contributed by atoms with van der Waals surface area (Å²) in [4.78, 5) is 2.19. The SMILES string of the molecule is CN(CCn1ccc(N)n1)c1ccccc1. The smallest absolute Gasteiger partial charge is 0.145 e. The second-order valence-corrected chi connectivity index (χ2v) is 3.76. The molecule has 2 aromatic rings. The molecule has 0 bridgehead atoms. The van der Waals surface area contributed by atoms with E-state index in [-0.39, 0.29) is 0 Å². The highest BCUT2D eigenvalue weighted by Crippen LogP contribution is 2.10. The van der Waals surface area contributed by atoms with Gasteiger partial charge in [-0.3, -0.25) is 4.68 Å². The molecular formula is C12H16N4. The van der Waals surface area contributed by atoms with Crippen molar-refractivity contribution < 1.29 is 0 Å². The van der Waals surface area contributed by atoms with Crippen LogP contribution >= 0.6 is 0 Å². The minimum absolute atomic E-state index is 0.572. The van der Waals surface area contributed by atoms with Gasteiger partial charge in [-0.1, -0.05) is 18.2 Å². The van der Waals surface area contributed by atoms with Crippen LogP contribution in [0.15, 0.2) is 42.6 Å². The fraction of sp³-hybridized carbons (Fsp3) is 0.250. The van der Waals surface area contributed by atoms with Gasteiger partial charge in [0.05, 0.1) is 6.54 Å². The van der Waals surface area contributed by atoms with E-state index in [4.69, 9.17) is 5.73 Å². The van der Waals surface area contributed by atoms with Crippen LogP contribution < -0.4 is 10.6 Å². The summed E-state index contributed by atoms with van der Waals surface area (Å²) < 4.78 is 1.86. The maximum Gasteiger partial charge on any atom is 0.145 e. The minimum Gasteiger partial charge on any atom is -0.382 e. The molecule has 0 spiro atoms. The van der Waals surface area contributed by atoms with Crippen LogP contribution in [0, 0.1) is 0 Å². The van der Waals surface area contributed by atoms with Crippen LogP contribution in [0.3, 0.4) is 0 Å². The van der Waals surface area contributed by atoms with Gasteiger partial charge in [-0.05, 0) is 18.2 Å². The number of rotatable bonds is 4. The van der Waals surface area contributed by atoms with Gasteiger partial charge >= 0.3 is 0 Å². The third-order valence-electron chi connectivity index (χ3n) is 2.52. The van der Waals surface area contributed by atoms with Crippen LogP contribution in [0.4, 0.5) is 11.5 Å². The Morgan fingerprint density at radius 1 is 1.25 bits per heavy atom. The lowest BCUT2D eigenvalue weighted by Gasteiger charge is -2.18. The average Bonchev–Trinajstić information content (AvgIpc) is 2.73. The van der Waals surface area contributed by atoms with Crippen molar-refractivity contribution in [3.8, 4) is 0 Å². The van der Waals surface area contributed by atoms with Crippen molar-refractivity contribution in [1.82, 2.24) is 9.78 Å². The molecule has 0 amide bonds. The molecule has 0 aliphatic heterocycles. The second-order valence-electron chi connectivity index (χ2n) is 3.76. The van der Waals surface area contributed by atoms with Crippen molar-refractivity contribution in [2.45, 2.75) is 6.54 Å². The Kier molecular flexibility index (Phi) is 3.10. The third-order valence-corrected chi connectivity index (χ3v) is 2.52. The Labute approximate surface area is 95.3 Å². The van der Waals surface area contributed by atoms with Crippen LogP contribution in [-0.2, 0) is 6.54 Å². The Morgan fingerprint density at radius 2 is 2.00 bits per heavy atom. The maximum atomic E-state index is 5.55. The first-order valence-corrected chi connectivity index (χ1v) is 5.31. The van der Waals surface area contributed by atoms with E-state index in [9.17, 15) is 0 Å². The summed E-state index contributed by atoms with van der Waals surface area (Å²) >= 11 is 0. The van der Waals surface area contributed by atoms with Crippen LogP contribution in [0.1, 0.15) is 0 Å². The van der Waals surface area contributed by atoms with Gasteiger partial charge in [0.1, 0.15) is 5.82 Å². The van der Waals surface area contributed by atoms with Crippen molar-refractivity contribution in [2.75, 3.05) is 24.2 Å². The zero-order chi connectivity index (χ0) is 11.4. The quantitative estimate of drug-likeness (QED) is 0.844. The summed E-state index contributed by atoms with van der Waals surface area (Å²) in [6, 6.07) is 12.1. The van der Waals surface area contributed by atoms with Crippen molar-refractivity contribution >= 4 is 11.5 Å². The van der Waals surface area contributed by atoms with Crippen LogP contribution in [-0.4, -0.2) is 23.4 Å². The molecule has 0 saturated heterocycles. The number of aromatic nitrogens is 2. The van der Waals surface area contributed by atoms with E-state index >= 15 is 0 Å². The Morgan fingerprint density at radius 3 is 2.62 bits per heavy atom. The Balaban J connectivity index is 1.91. The maximum absolute atomic E-state index is 5.55. The first-order chi connectivity index (χ1) is 7.75. The van der Waals surface area contributed by atoms with Crippen molar-refractivity contribution in [3.63, 3.8) is 0 Å². The van der Waals surface area contributed by atoms with E-state index in [1.54, 1.807) is 0 Å². The van der Waals surface area contributed by atoms with Gasteiger partial charge in [-0.2, -0.15) is 5.10 Å². The molecule has 0 aliphatic carbocycles. The van der Waals surface area contributed by atoms with E-state index < -0.39 is 0 Å². The number of benzene rings is 1. The highest BCUT2D eigenvalue weighted by atomic mass is 15.3. The van der Waals surface area contributed by atoms with Gasteiger partial charge < -0.3 is 10.6 Å². The van der Waals surface area contributed by atoms with Gasteiger partial charge in [-0.25, -0.2) is 0 Å². The van der Waals surface area contributed by atoms with Crippen molar-refractivity contribution in [2.24, 2.45) is 0 Å². The lowest BCUT2D eigenvalue weighted by Crippen LogP contribution is -2.22. The summed E-state index contributed by atoms with van der Waals surface area (Å²) in [5.41, 5.74) is 6.76. The molecule has 0 saturated carbocycles. The molecule has 1 aromatic heterocycles. The normalized spacial score (nSPS) is 10.3. The molecule has 2 N–H and O–H groups in total. The number of nitrogens with zero attached hydrogens (tertiary/aromatic N) is 3. The molecule has 84 valence electrons. The van der Waals surface area contributed by atoms with Crippen LogP contribution in [0.25, 0.3) is 0 Å². The zero-order valence-corrected chi connectivity index (χ0v) is 9.37. The molecule has 0 unspecified atom stereocenters. The van der Waals surface area contributed by atoms with Gasteiger partial charge in [0.25, 0.3) is 0 Å². The monoisotopic (exact) mass is 216 g/mol. The summed E-state index contributed by atoms with van der Waals surface area (Å²) in [7, 11) is 2.07. The van der Waals surface area contributed by atoms with E-state index in [1.165, 1.54) is 5.69 Å². The minimum atomic E-state index is 0.572. The fourth-order valence-electron chi connectivity index (χ4n) is 1.57. The Bertz CT molecular complexity index is 435. The lowest BCUT2D eigenvalue weighted by atomic mass is 10.3. The molecule has 0 radical (unpaired) electrons. The molecular weight excluding hydrogens is 200 g/mol. The lowest BCUT2D eigenvalue weighted by molar-refractivity contribution is 0.614. The van der Waals surface area contributed by atoms with Crippen molar-refractivity contribution in [1.29, 1.82) is 0 Å². The average molecular weight is 216 g/mol. The number of hydrogen-bond acceptors (Lipinski definition) is 3. The highest BCUT2D eigenvalue weighted by Gasteiger charge is 2.00. The van der Waals surface area contributed by atoms with E-state index in [0.29, 0.717) is 5.82 Å². The second kappa shape index (κ2) is 4.70. The fourth-order valence-corrected chi connectivity index (χ4v) is 1.57. The number of nitrogen functional groups attached to an aromatic ring is 1. The molecule has 4 nitrogen and oxygen atoms in total. The topological polar surface area (TPSA) is 47.1 Å². The first-order valence-electron chi connectivity index (χ1n) is 5.31. The zero-order valence-electron chi connectivity index (χ0n) is 9.37. The summed E-state index contributed by atoms with van der Waals surface area (Å²) in [5.74, 6) is 0.572. The predicted octanol–water partition coefficient (Wildman–Crippen LogP) is 1.60. The molecule has 1 heterocycles. The molecule has 0 atom stereocenters. The van der Waals surface area contributed by atoms with Gasteiger partial charge in [-0.15, -0.1) is 0 Å². The standard InChI is InChI=1S/C12H16N4/c1-15(11-5-3-2-4-6-11)9-10-16-8-7-12(13)14-16/h2-8H,9-10H2,1H3,(H2,13,14). The van der Waals surface area contributed by atoms with Gasteiger partial charge in [0, 0.05) is 25.5 Å². The summed E-state index contributed by atoms with van der Waals surface area (Å²) in [6.45, 7) is 1.74. The highest BCUT2D eigenvalue weighted by molar-refractivity contribution is 5.44. The predicted molar refractivity (Wildman–Crippen MR) is 66.4 cm³/mol. The molecule has 2 rings (SSSR count). The van der Waals surface area contributed by atoms with Crippen LogP contribution in [0.5, 0.6) is 0 Å². The van der Waals surface area contributed by atoms with Gasteiger partial charge in [0.15, 0.2) is 0 Å². The molecule has 4 heteroatoms. The van der Waals surface area contributed by atoms with E-state index in [2.05, 4.69) is 29.2 Å². The number of anilines is 2. The third kappa shape index (κ3) is 2.53. The molecule has 0 aliphatic rings. The van der Waals surface area contributed by atoms with Crippen molar-refractivity contribution in [3.05, 3.63) is 42.6 Å².